The third-order valence-corrected chi connectivity index (χ3v) is 4.37. The molecule has 2 aromatic rings. The van der Waals surface area contributed by atoms with Gasteiger partial charge in [-0.05, 0) is 13.8 Å². The fourth-order valence-electron chi connectivity index (χ4n) is 1.22. The molecule has 0 saturated carbocycles. The van der Waals surface area contributed by atoms with Gasteiger partial charge in [-0.1, -0.05) is 0 Å². The van der Waals surface area contributed by atoms with Crippen molar-refractivity contribution in [2.75, 3.05) is 4.72 Å². The molecule has 0 spiro atoms. The van der Waals surface area contributed by atoms with Gasteiger partial charge in [-0.25, -0.2) is 9.97 Å². The number of nitrogens with one attached hydrogen (secondary N) is 1. The Morgan fingerprint density at radius 2 is 2.12 bits per heavy atom. The quantitative estimate of drug-likeness (QED) is 0.913. The molecule has 0 fully saturated rings. The number of thiazole rings is 1. The predicted molar refractivity (Wildman–Crippen MR) is 65.6 cm³/mol. The Labute approximate surface area is 103 Å². The molecule has 0 aliphatic rings. The SMILES string of the molecule is Cc1cnc(NS(=O)(=O)c2cn(C)c(C)n2)s1. The topological polar surface area (TPSA) is 76.9 Å². The summed E-state index contributed by atoms with van der Waals surface area (Å²) in [5.74, 6) is 0.640. The third kappa shape index (κ3) is 2.47. The first-order chi connectivity index (χ1) is 7.88. The van der Waals surface area contributed by atoms with Crippen LogP contribution in [0.4, 0.5) is 5.13 Å². The number of rotatable bonds is 3. The maximum absolute atomic E-state index is 12.0. The minimum atomic E-state index is -3.64. The van der Waals surface area contributed by atoms with Gasteiger partial charge in [0, 0.05) is 24.3 Å². The molecule has 17 heavy (non-hydrogen) atoms. The molecule has 2 rings (SSSR count). The smallest absolute Gasteiger partial charge is 0.282 e. The van der Waals surface area contributed by atoms with Gasteiger partial charge in [0.05, 0.1) is 0 Å². The lowest BCUT2D eigenvalue weighted by Gasteiger charge is -2.00. The standard InChI is InChI=1S/C9H12N4O2S2/c1-6-4-10-9(16-6)12-17(14,15)8-5-13(3)7(2)11-8/h4-5H,1-3H3,(H,10,12). The number of aromatic nitrogens is 3. The fourth-order valence-corrected chi connectivity index (χ4v) is 3.17. The van der Waals surface area contributed by atoms with Gasteiger partial charge in [0.1, 0.15) is 5.82 Å². The summed E-state index contributed by atoms with van der Waals surface area (Å²) < 4.78 is 28.0. The van der Waals surface area contributed by atoms with Crippen LogP contribution in [0.2, 0.25) is 0 Å². The van der Waals surface area contributed by atoms with Gasteiger partial charge >= 0.3 is 0 Å². The number of sulfonamides is 1. The first kappa shape index (κ1) is 12.1. The van der Waals surface area contributed by atoms with Crippen LogP contribution in [-0.2, 0) is 17.1 Å². The zero-order valence-electron chi connectivity index (χ0n) is 9.63. The minimum Gasteiger partial charge on any atom is -0.337 e. The fraction of sp³-hybridized carbons (Fsp3) is 0.333. The van der Waals surface area contributed by atoms with Crippen LogP contribution < -0.4 is 4.72 Å². The minimum absolute atomic E-state index is 0.00496. The van der Waals surface area contributed by atoms with E-state index in [1.807, 2.05) is 6.92 Å². The summed E-state index contributed by atoms with van der Waals surface area (Å²) >= 11 is 1.28. The summed E-state index contributed by atoms with van der Waals surface area (Å²) in [5, 5.41) is 0.358. The number of hydrogen-bond acceptors (Lipinski definition) is 5. The average Bonchev–Trinajstić information content (AvgIpc) is 2.75. The Kier molecular flexibility index (Phi) is 2.92. The molecule has 0 radical (unpaired) electrons. The van der Waals surface area contributed by atoms with Crippen LogP contribution in [0, 0.1) is 13.8 Å². The van der Waals surface area contributed by atoms with Crippen molar-refractivity contribution in [3.8, 4) is 0 Å². The molecule has 0 saturated heterocycles. The van der Waals surface area contributed by atoms with E-state index in [4.69, 9.17) is 0 Å². The second-order valence-electron chi connectivity index (χ2n) is 3.62. The molecule has 0 amide bonds. The number of imidazole rings is 1. The normalized spacial score (nSPS) is 11.7. The molecule has 0 aromatic carbocycles. The number of aryl methyl sites for hydroxylation is 3. The zero-order valence-corrected chi connectivity index (χ0v) is 11.3. The number of nitrogens with zero attached hydrogens (tertiary/aromatic N) is 3. The van der Waals surface area contributed by atoms with E-state index in [1.54, 1.807) is 24.7 Å². The van der Waals surface area contributed by atoms with Gasteiger partial charge < -0.3 is 4.57 Å². The maximum atomic E-state index is 12.0. The second kappa shape index (κ2) is 4.11. The molecule has 0 aliphatic heterocycles. The van der Waals surface area contributed by atoms with Crippen molar-refractivity contribution in [3.05, 3.63) is 23.1 Å². The molecular formula is C9H12N4O2S2. The molecule has 2 aromatic heterocycles. The van der Waals surface area contributed by atoms with Crippen molar-refractivity contribution >= 4 is 26.5 Å². The highest BCUT2D eigenvalue weighted by atomic mass is 32.2. The van der Waals surface area contributed by atoms with Crippen LogP contribution >= 0.6 is 11.3 Å². The predicted octanol–water partition coefficient (Wildman–Crippen LogP) is 1.29. The van der Waals surface area contributed by atoms with Crippen molar-refractivity contribution < 1.29 is 8.42 Å². The number of hydrogen-bond donors (Lipinski definition) is 1. The molecule has 6 nitrogen and oxygen atoms in total. The van der Waals surface area contributed by atoms with Gasteiger partial charge in [-0.3, -0.25) is 4.72 Å². The molecule has 1 N–H and O–H groups in total. The molecule has 92 valence electrons. The largest absolute Gasteiger partial charge is 0.337 e. The highest BCUT2D eigenvalue weighted by Gasteiger charge is 2.19. The molecule has 0 atom stereocenters. The lowest BCUT2D eigenvalue weighted by Crippen LogP contribution is -2.13. The first-order valence-electron chi connectivity index (χ1n) is 4.84. The monoisotopic (exact) mass is 272 g/mol. The molecule has 0 aliphatic carbocycles. The first-order valence-corrected chi connectivity index (χ1v) is 7.13. The van der Waals surface area contributed by atoms with Crippen molar-refractivity contribution in [1.29, 1.82) is 0 Å². The van der Waals surface area contributed by atoms with Crippen LogP contribution in [-0.4, -0.2) is 23.0 Å². The van der Waals surface area contributed by atoms with Crippen LogP contribution in [0.25, 0.3) is 0 Å². The molecule has 8 heteroatoms. The third-order valence-electron chi connectivity index (χ3n) is 2.20. The van der Waals surface area contributed by atoms with Gasteiger partial charge in [0.2, 0.25) is 0 Å². The van der Waals surface area contributed by atoms with E-state index < -0.39 is 10.0 Å². The molecule has 2 heterocycles. The summed E-state index contributed by atoms with van der Waals surface area (Å²) in [6, 6.07) is 0. The zero-order chi connectivity index (χ0) is 12.6. The Morgan fingerprint density at radius 3 is 2.59 bits per heavy atom. The van der Waals surface area contributed by atoms with E-state index in [1.165, 1.54) is 17.5 Å². The van der Waals surface area contributed by atoms with Crippen LogP contribution in [0.3, 0.4) is 0 Å². The van der Waals surface area contributed by atoms with E-state index in [0.717, 1.165) is 4.88 Å². The summed E-state index contributed by atoms with van der Waals surface area (Å²) in [6.07, 6.45) is 3.09. The van der Waals surface area contributed by atoms with Crippen LogP contribution in [0.1, 0.15) is 10.7 Å². The summed E-state index contributed by atoms with van der Waals surface area (Å²) in [6.45, 7) is 3.60. The second-order valence-corrected chi connectivity index (χ2v) is 6.48. The molecule has 0 unspecified atom stereocenters. The number of anilines is 1. The van der Waals surface area contributed by atoms with Gasteiger partial charge in [-0.15, -0.1) is 11.3 Å². The Bertz CT molecular complexity index is 622. The van der Waals surface area contributed by atoms with Crippen molar-refractivity contribution in [2.45, 2.75) is 18.9 Å². The maximum Gasteiger partial charge on any atom is 0.282 e. The van der Waals surface area contributed by atoms with Gasteiger partial charge in [0.25, 0.3) is 10.0 Å². The highest BCUT2D eigenvalue weighted by Crippen LogP contribution is 2.20. The average molecular weight is 272 g/mol. The lowest BCUT2D eigenvalue weighted by molar-refractivity contribution is 0.598. The summed E-state index contributed by atoms with van der Waals surface area (Å²) in [7, 11) is -1.89. The molecular weight excluding hydrogens is 260 g/mol. The van der Waals surface area contributed by atoms with Gasteiger partial charge in [0.15, 0.2) is 10.2 Å². The Morgan fingerprint density at radius 1 is 1.41 bits per heavy atom. The van der Waals surface area contributed by atoms with Crippen molar-refractivity contribution in [3.63, 3.8) is 0 Å². The highest BCUT2D eigenvalue weighted by molar-refractivity contribution is 7.92. The Balaban J connectivity index is 2.31. The van der Waals surface area contributed by atoms with Crippen molar-refractivity contribution in [1.82, 2.24) is 14.5 Å². The van der Waals surface area contributed by atoms with E-state index in [9.17, 15) is 8.42 Å². The summed E-state index contributed by atoms with van der Waals surface area (Å²) in [5.41, 5.74) is 0. The van der Waals surface area contributed by atoms with E-state index in [0.29, 0.717) is 11.0 Å². The van der Waals surface area contributed by atoms with Crippen LogP contribution in [0.15, 0.2) is 17.4 Å². The van der Waals surface area contributed by atoms with E-state index in [2.05, 4.69) is 14.7 Å². The van der Waals surface area contributed by atoms with Crippen LogP contribution in [0.5, 0.6) is 0 Å². The van der Waals surface area contributed by atoms with E-state index >= 15 is 0 Å². The summed E-state index contributed by atoms with van der Waals surface area (Å²) in [4.78, 5) is 8.87. The van der Waals surface area contributed by atoms with Gasteiger partial charge in [-0.2, -0.15) is 8.42 Å². The Hall–Kier alpha value is -1.41. The molecule has 0 bridgehead atoms. The van der Waals surface area contributed by atoms with Crippen molar-refractivity contribution in [2.24, 2.45) is 7.05 Å². The van der Waals surface area contributed by atoms with E-state index in [-0.39, 0.29) is 5.03 Å². The lowest BCUT2D eigenvalue weighted by atomic mass is 10.7.